The Hall–Kier alpha value is -2.04. The Kier molecular flexibility index (Phi) is 3.11. The molecule has 0 unspecified atom stereocenters. The number of benzene rings is 1. The van der Waals surface area contributed by atoms with Gasteiger partial charge >= 0.3 is 0 Å². The SMILES string of the molecule is Cc1ccc(N)c(-c2nc(N3CCCCC3)no2)c1. The number of nitrogens with two attached hydrogens (primary N) is 1. The van der Waals surface area contributed by atoms with Gasteiger partial charge in [-0.05, 0) is 43.5 Å². The number of aromatic nitrogens is 2. The van der Waals surface area contributed by atoms with Gasteiger partial charge < -0.3 is 15.2 Å². The van der Waals surface area contributed by atoms with E-state index in [1.807, 2.05) is 25.1 Å². The lowest BCUT2D eigenvalue weighted by molar-refractivity contribution is 0.426. The van der Waals surface area contributed by atoms with Crippen molar-refractivity contribution in [3.8, 4) is 11.5 Å². The first-order valence-electron chi connectivity index (χ1n) is 6.69. The van der Waals surface area contributed by atoms with Crippen LogP contribution in [0.2, 0.25) is 0 Å². The van der Waals surface area contributed by atoms with Crippen molar-refractivity contribution >= 4 is 11.6 Å². The molecule has 2 heterocycles. The summed E-state index contributed by atoms with van der Waals surface area (Å²) in [5.41, 5.74) is 8.58. The summed E-state index contributed by atoms with van der Waals surface area (Å²) in [6.07, 6.45) is 3.67. The minimum atomic E-state index is 0.502. The third kappa shape index (κ3) is 2.41. The summed E-state index contributed by atoms with van der Waals surface area (Å²) >= 11 is 0. The van der Waals surface area contributed by atoms with Crippen molar-refractivity contribution in [2.45, 2.75) is 26.2 Å². The van der Waals surface area contributed by atoms with Crippen LogP contribution in [-0.4, -0.2) is 23.2 Å². The van der Waals surface area contributed by atoms with Crippen LogP contribution in [0.1, 0.15) is 24.8 Å². The Bertz CT molecular complexity index is 573. The van der Waals surface area contributed by atoms with Crippen LogP contribution in [0.3, 0.4) is 0 Å². The first-order chi connectivity index (χ1) is 9.24. The Morgan fingerprint density at radius 2 is 2.00 bits per heavy atom. The highest BCUT2D eigenvalue weighted by atomic mass is 16.5. The molecule has 2 N–H and O–H groups in total. The van der Waals surface area contributed by atoms with Crippen LogP contribution in [-0.2, 0) is 0 Å². The van der Waals surface area contributed by atoms with Crippen molar-refractivity contribution in [1.82, 2.24) is 10.1 Å². The highest BCUT2D eigenvalue weighted by Crippen LogP contribution is 2.27. The van der Waals surface area contributed by atoms with E-state index in [9.17, 15) is 0 Å². The van der Waals surface area contributed by atoms with Crippen LogP contribution in [0, 0.1) is 6.92 Å². The Morgan fingerprint density at radius 3 is 2.79 bits per heavy atom. The molecule has 0 aliphatic carbocycles. The average Bonchev–Trinajstić information content (AvgIpc) is 2.92. The zero-order valence-corrected chi connectivity index (χ0v) is 11.1. The van der Waals surface area contributed by atoms with Gasteiger partial charge in [-0.25, -0.2) is 0 Å². The summed E-state index contributed by atoms with van der Waals surface area (Å²) in [6.45, 7) is 4.02. The van der Waals surface area contributed by atoms with E-state index in [2.05, 4.69) is 15.0 Å². The monoisotopic (exact) mass is 258 g/mol. The molecule has 2 aromatic rings. The van der Waals surface area contributed by atoms with Gasteiger partial charge in [0, 0.05) is 18.8 Å². The van der Waals surface area contributed by atoms with E-state index in [1.54, 1.807) is 0 Å². The summed E-state index contributed by atoms with van der Waals surface area (Å²) in [7, 11) is 0. The molecule has 0 radical (unpaired) electrons. The van der Waals surface area contributed by atoms with Gasteiger partial charge in [0.25, 0.3) is 11.8 Å². The van der Waals surface area contributed by atoms with Crippen molar-refractivity contribution < 1.29 is 4.52 Å². The van der Waals surface area contributed by atoms with Gasteiger partial charge in [-0.1, -0.05) is 11.6 Å². The lowest BCUT2D eigenvalue weighted by Crippen LogP contribution is -2.30. The Balaban J connectivity index is 1.89. The number of hydrogen-bond acceptors (Lipinski definition) is 5. The van der Waals surface area contributed by atoms with Crippen LogP contribution in [0.4, 0.5) is 11.6 Å². The minimum absolute atomic E-state index is 0.502. The Morgan fingerprint density at radius 1 is 1.21 bits per heavy atom. The molecule has 3 rings (SSSR count). The van der Waals surface area contributed by atoms with Gasteiger partial charge in [0.15, 0.2) is 0 Å². The molecule has 1 aliphatic heterocycles. The number of aryl methyl sites for hydroxylation is 1. The molecule has 100 valence electrons. The molecule has 1 aromatic carbocycles. The number of hydrogen-bond donors (Lipinski definition) is 1. The zero-order chi connectivity index (χ0) is 13.2. The third-order valence-corrected chi connectivity index (χ3v) is 3.49. The summed E-state index contributed by atoms with van der Waals surface area (Å²) in [5, 5.41) is 4.07. The van der Waals surface area contributed by atoms with E-state index in [4.69, 9.17) is 10.3 Å². The van der Waals surface area contributed by atoms with Gasteiger partial charge in [0.1, 0.15) is 0 Å². The second kappa shape index (κ2) is 4.91. The molecule has 5 nitrogen and oxygen atoms in total. The Labute approximate surface area is 112 Å². The second-order valence-corrected chi connectivity index (χ2v) is 5.04. The molecular weight excluding hydrogens is 240 g/mol. The number of nitrogen functional groups attached to an aromatic ring is 1. The number of anilines is 2. The van der Waals surface area contributed by atoms with Gasteiger partial charge in [0.2, 0.25) is 0 Å². The topological polar surface area (TPSA) is 68.2 Å². The molecule has 19 heavy (non-hydrogen) atoms. The number of piperidine rings is 1. The zero-order valence-electron chi connectivity index (χ0n) is 11.1. The molecule has 0 amide bonds. The van der Waals surface area contributed by atoms with E-state index in [0.29, 0.717) is 17.5 Å². The fourth-order valence-electron chi connectivity index (χ4n) is 2.40. The molecule has 0 bridgehead atoms. The maximum Gasteiger partial charge on any atom is 0.266 e. The first kappa shape index (κ1) is 12.0. The maximum atomic E-state index is 5.97. The van der Waals surface area contributed by atoms with Gasteiger partial charge in [-0.15, -0.1) is 0 Å². The molecule has 1 aromatic heterocycles. The van der Waals surface area contributed by atoms with E-state index < -0.39 is 0 Å². The minimum Gasteiger partial charge on any atom is -0.398 e. The van der Waals surface area contributed by atoms with Gasteiger partial charge in [-0.2, -0.15) is 4.98 Å². The van der Waals surface area contributed by atoms with Crippen molar-refractivity contribution in [3.63, 3.8) is 0 Å². The van der Waals surface area contributed by atoms with E-state index in [-0.39, 0.29) is 0 Å². The second-order valence-electron chi connectivity index (χ2n) is 5.04. The van der Waals surface area contributed by atoms with Crippen LogP contribution in [0.15, 0.2) is 22.7 Å². The first-order valence-corrected chi connectivity index (χ1v) is 6.69. The standard InChI is InChI=1S/C14H18N4O/c1-10-5-6-12(15)11(9-10)13-16-14(17-19-13)18-7-3-2-4-8-18/h5-6,9H,2-4,7-8,15H2,1H3. The molecule has 0 atom stereocenters. The lowest BCUT2D eigenvalue weighted by atomic mass is 10.1. The molecule has 5 heteroatoms. The van der Waals surface area contributed by atoms with Gasteiger partial charge in [-0.3, -0.25) is 0 Å². The largest absolute Gasteiger partial charge is 0.398 e. The van der Waals surface area contributed by atoms with Crippen LogP contribution >= 0.6 is 0 Å². The van der Waals surface area contributed by atoms with Crippen molar-refractivity contribution in [2.24, 2.45) is 0 Å². The number of rotatable bonds is 2. The maximum absolute atomic E-state index is 5.97. The van der Waals surface area contributed by atoms with Gasteiger partial charge in [0.05, 0.1) is 5.56 Å². The van der Waals surface area contributed by atoms with Crippen molar-refractivity contribution in [3.05, 3.63) is 23.8 Å². The molecular formula is C14H18N4O. The predicted molar refractivity (Wildman–Crippen MR) is 74.9 cm³/mol. The summed E-state index contributed by atoms with van der Waals surface area (Å²) in [6, 6.07) is 5.82. The molecule has 1 saturated heterocycles. The summed E-state index contributed by atoms with van der Waals surface area (Å²) in [4.78, 5) is 6.64. The summed E-state index contributed by atoms with van der Waals surface area (Å²) < 4.78 is 5.36. The third-order valence-electron chi connectivity index (χ3n) is 3.49. The highest BCUT2D eigenvalue weighted by Gasteiger charge is 2.18. The van der Waals surface area contributed by atoms with E-state index in [0.717, 1.165) is 24.2 Å². The smallest absolute Gasteiger partial charge is 0.266 e. The normalized spacial score (nSPS) is 15.7. The molecule has 0 saturated carbocycles. The van der Waals surface area contributed by atoms with Crippen LogP contribution in [0.25, 0.3) is 11.5 Å². The van der Waals surface area contributed by atoms with E-state index in [1.165, 1.54) is 19.3 Å². The average molecular weight is 258 g/mol. The molecule has 1 fully saturated rings. The summed E-state index contributed by atoms with van der Waals surface area (Å²) in [5.74, 6) is 1.18. The molecule has 0 spiro atoms. The number of nitrogens with zero attached hydrogens (tertiary/aromatic N) is 3. The lowest BCUT2D eigenvalue weighted by Gasteiger charge is -2.24. The van der Waals surface area contributed by atoms with Crippen molar-refractivity contribution in [2.75, 3.05) is 23.7 Å². The molecule has 1 aliphatic rings. The fraction of sp³-hybridized carbons (Fsp3) is 0.429. The quantitative estimate of drug-likeness (QED) is 0.839. The fourth-order valence-corrected chi connectivity index (χ4v) is 2.40. The van der Waals surface area contributed by atoms with Crippen LogP contribution < -0.4 is 10.6 Å². The van der Waals surface area contributed by atoms with E-state index >= 15 is 0 Å². The highest BCUT2D eigenvalue weighted by molar-refractivity contribution is 5.71. The predicted octanol–water partition coefficient (Wildman–Crippen LogP) is 2.62. The van der Waals surface area contributed by atoms with Crippen LogP contribution in [0.5, 0.6) is 0 Å². The van der Waals surface area contributed by atoms with Crippen molar-refractivity contribution in [1.29, 1.82) is 0 Å².